The van der Waals surface area contributed by atoms with Crippen molar-refractivity contribution in [1.29, 1.82) is 5.26 Å². The van der Waals surface area contributed by atoms with E-state index in [9.17, 15) is 0 Å². The Kier molecular flexibility index (Phi) is 4.04. The first-order valence-electron chi connectivity index (χ1n) is 4.69. The Morgan fingerprint density at radius 2 is 2.31 bits per heavy atom. The molecule has 0 amide bonds. The summed E-state index contributed by atoms with van der Waals surface area (Å²) in [6.07, 6.45) is 7.84. The van der Waals surface area contributed by atoms with Crippen molar-refractivity contribution in [3.63, 3.8) is 0 Å². The molecule has 0 bridgehead atoms. The molecular weight excluding hydrogens is 162 g/mol. The van der Waals surface area contributed by atoms with Gasteiger partial charge in [0.1, 0.15) is 0 Å². The van der Waals surface area contributed by atoms with Crippen LogP contribution in [-0.2, 0) is 6.54 Å². The highest BCUT2D eigenvalue weighted by Gasteiger charge is 1.93. The lowest BCUT2D eigenvalue weighted by molar-refractivity contribution is 0.547. The van der Waals surface area contributed by atoms with E-state index < -0.39 is 0 Å². The molecule has 1 rings (SSSR count). The molecule has 1 aromatic rings. The van der Waals surface area contributed by atoms with Gasteiger partial charge < -0.3 is 0 Å². The Morgan fingerprint density at radius 1 is 1.46 bits per heavy atom. The van der Waals surface area contributed by atoms with Crippen LogP contribution in [0.3, 0.4) is 0 Å². The van der Waals surface area contributed by atoms with Crippen molar-refractivity contribution in [3.8, 4) is 6.07 Å². The molecule has 0 aliphatic heterocycles. The summed E-state index contributed by atoms with van der Waals surface area (Å²) in [5.74, 6) is 0. The minimum absolute atomic E-state index is 0.679. The molecule has 3 nitrogen and oxygen atoms in total. The summed E-state index contributed by atoms with van der Waals surface area (Å²) in [5, 5.41) is 12.5. The van der Waals surface area contributed by atoms with Gasteiger partial charge in [-0.3, -0.25) is 4.68 Å². The van der Waals surface area contributed by atoms with Gasteiger partial charge in [0, 0.05) is 19.2 Å². The molecule has 0 unspecified atom stereocenters. The van der Waals surface area contributed by atoms with Crippen molar-refractivity contribution < 1.29 is 0 Å². The summed E-state index contributed by atoms with van der Waals surface area (Å²) in [6.45, 7) is 3.01. The fourth-order valence-corrected chi connectivity index (χ4v) is 1.24. The van der Waals surface area contributed by atoms with Gasteiger partial charge in [-0.25, -0.2) is 0 Å². The SMILES string of the molecule is Cc1cnn(CCCCCC#N)c1. The van der Waals surface area contributed by atoms with Gasteiger partial charge in [-0.05, 0) is 25.3 Å². The summed E-state index contributed by atoms with van der Waals surface area (Å²) < 4.78 is 1.96. The molecular formula is C10H15N3. The maximum Gasteiger partial charge on any atom is 0.0621 e. The zero-order valence-electron chi connectivity index (χ0n) is 8.03. The van der Waals surface area contributed by atoms with Crippen molar-refractivity contribution in [2.45, 2.75) is 39.2 Å². The van der Waals surface area contributed by atoms with Crippen LogP contribution in [0.1, 0.15) is 31.2 Å². The van der Waals surface area contributed by atoms with Crippen molar-refractivity contribution in [1.82, 2.24) is 9.78 Å². The van der Waals surface area contributed by atoms with E-state index in [1.54, 1.807) is 0 Å². The fraction of sp³-hybridized carbons (Fsp3) is 0.600. The second kappa shape index (κ2) is 5.36. The number of nitriles is 1. The fourth-order valence-electron chi connectivity index (χ4n) is 1.24. The minimum Gasteiger partial charge on any atom is -0.272 e. The molecule has 0 aliphatic rings. The maximum atomic E-state index is 8.32. The average Bonchev–Trinajstić information content (AvgIpc) is 2.51. The molecule has 13 heavy (non-hydrogen) atoms. The van der Waals surface area contributed by atoms with E-state index >= 15 is 0 Å². The van der Waals surface area contributed by atoms with Crippen LogP contribution in [-0.4, -0.2) is 9.78 Å². The maximum absolute atomic E-state index is 8.32. The van der Waals surface area contributed by atoms with Gasteiger partial charge >= 0.3 is 0 Å². The van der Waals surface area contributed by atoms with Crippen molar-refractivity contribution in [3.05, 3.63) is 18.0 Å². The molecule has 0 fully saturated rings. The van der Waals surface area contributed by atoms with Gasteiger partial charge in [-0.2, -0.15) is 10.4 Å². The van der Waals surface area contributed by atoms with Gasteiger partial charge in [-0.1, -0.05) is 6.42 Å². The molecule has 0 spiro atoms. The van der Waals surface area contributed by atoms with Gasteiger partial charge in [0.2, 0.25) is 0 Å². The van der Waals surface area contributed by atoms with E-state index in [0.29, 0.717) is 6.42 Å². The molecule has 70 valence electrons. The third-order valence-electron chi connectivity index (χ3n) is 1.94. The van der Waals surface area contributed by atoms with Crippen LogP contribution >= 0.6 is 0 Å². The highest BCUT2D eigenvalue weighted by atomic mass is 15.3. The summed E-state index contributed by atoms with van der Waals surface area (Å²) in [5.41, 5.74) is 1.21. The molecule has 0 saturated carbocycles. The van der Waals surface area contributed by atoms with Gasteiger partial charge in [0.05, 0.1) is 12.3 Å². The first kappa shape index (κ1) is 9.79. The predicted octanol–water partition coefficient (Wildman–Crippen LogP) is 2.28. The van der Waals surface area contributed by atoms with E-state index in [-0.39, 0.29) is 0 Å². The molecule has 0 aliphatic carbocycles. The van der Waals surface area contributed by atoms with Gasteiger partial charge in [-0.15, -0.1) is 0 Å². The van der Waals surface area contributed by atoms with Crippen LogP contribution in [0.2, 0.25) is 0 Å². The normalized spacial score (nSPS) is 9.85. The molecule has 1 heterocycles. The van der Waals surface area contributed by atoms with Gasteiger partial charge in [0.15, 0.2) is 0 Å². The Hall–Kier alpha value is -1.30. The highest BCUT2D eigenvalue weighted by molar-refractivity contribution is 4.99. The molecule has 3 heteroatoms. The van der Waals surface area contributed by atoms with Crippen LogP contribution in [0.5, 0.6) is 0 Å². The smallest absolute Gasteiger partial charge is 0.0621 e. The molecule has 0 atom stereocenters. The van der Waals surface area contributed by atoms with Crippen LogP contribution in [0, 0.1) is 18.3 Å². The molecule has 0 N–H and O–H groups in total. The first-order valence-corrected chi connectivity index (χ1v) is 4.69. The summed E-state index contributed by atoms with van der Waals surface area (Å²) in [6, 6.07) is 2.15. The summed E-state index contributed by atoms with van der Waals surface area (Å²) in [7, 11) is 0. The summed E-state index contributed by atoms with van der Waals surface area (Å²) in [4.78, 5) is 0. The number of aryl methyl sites for hydroxylation is 2. The molecule has 0 saturated heterocycles. The first-order chi connectivity index (χ1) is 6.33. The van der Waals surface area contributed by atoms with E-state index in [0.717, 1.165) is 25.8 Å². The van der Waals surface area contributed by atoms with Crippen LogP contribution in [0.15, 0.2) is 12.4 Å². The minimum atomic E-state index is 0.679. The monoisotopic (exact) mass is 177 g/mol. The zero-order chi connectivity index (χ0) is 9.52. The van der Waals surface area contributed by atoms with Gasteiger partial charge in [0.25, 0.3) is 0 Å². The third-order valence-corrected chi connectivity index (χ3v) is 1.94. The Morgan fingerprint density at radius 3 is 2.92 bits per heavy atom. The van der Waals surface area contributed by atoms with Crippen LogP contribution in [0.4, 0.5) is 0 Å². The number of unbranched alkanes of at least 4 members (excludes halogenated alkanes) is 3. The van der Waals surface area contributed by atoms with E-state index in [1.165, 1.54) is 5.56 Å². The Bertz CT molecular complexity index is 283. The van der Waals surface area contributed by atoms with Crippen molar-refractivity contribution in [2.24, 2.45) is 0 Å². The standard InChI is InChI=1S/C10H15N3/c1-10-8-12-13(9-10)7-5-3-2-4-6-11/h8-9H,2-5,7H2,1H3. The van der Waals surface area contributed by atoms with Crippen molar-refractivity contribution >= 4 is 0 Å². The Labute approximate surface area is 79.0 Å². The largest absolute Gasteiger partial charge is 0.272 e. The van der Waals surface area contributed by atoms with Crippen LogP contribution < -0.4 is 0 Å². The van der Waals surface area contributed by atoms with Crippen molar-refractivity contribution in [2.75, 3.05) is 0 Å². The predicted molar refractivity (Wildman–Crippen MR) is 51.0 cm³/mol. The molecule has 0 aromatic carbocycles. The lowest BCUT2D eigenvalue weighted by Gasteiger charge is -1.99. The quantitative estimate of drug-likeness (QED) is 0.647. The van der Waals surface area contributed by atoms with E-state index in [4.69, 9.17) is 5.26 Å². The lowest BCUT2D eigenvalue weighted by Crippen LogP contribution is -1.97. The second-order valence-electron chi connectivity index (χ2n) is 3.25. The zero-order valence-corrected chi connectivity index (χ0v) is 8.03. The number of aromatic nitrogens is 2. The third kappa shape index (κ3) is 3.75. The summed E-state index contributed by atoms with van der Waals surface area (Å²) >= 11 is 0. The number of nitrogens with zero attached hydrogens (tertiary/aromatic N) is 3. The van der Waals surface area contributed by atoms with E-state index in [1.807, 2.05) is 24.0 Å². The lowest BCUT2D eigenvalue weighted by atomic mass is 10.2. The number of hydrogen-bond donors (Lipinski definition) is 0. The number of rotatable bonds is 5. The average molecular weight is 177 g/mol. The Balaban J connectivity index is 2.10. The second-order valence-corrected chi connectivity index (χ2v) is 3.25. The topological polar surface area (TPSA) is 41.6 Å². The molecule has 0 radical (unpaired) electrons. The van der Waals surface area contributed by atoms with E-state index in [2.05, 4.69) is 11.2 Å². The van der Waals surface area contributed by atoms with Crippen LogP contribution in [0.25, 0.3) is 0 Å². The number of hydrogen-bond acceptors (Lipinski definition) is 2. The highest BCUT2D eigenvalue weighted by Crippen LogP contribution is 2.02. The molecule has 1 aromatic heterocycles.